The molecule has 6 nitrogen and oxygen atoms in total. The number of carbonyl (C=O) groups is 1. The fourth-order valence-electron chi connectivity index (χ4n) is 1.79. The fourth-order valence-corrected chi connectivity index (χ4v) is 3.83. The van der Waals surface area contributed by atoms with Crippen molar-refractivity contribution in [1.82, 2.24) is 9.73 Å². The van der Waals surface area contributed by atoms with E-state index in [1.54, 1.807) is 0 Å². The van der Waals surface area contributed by atoms with Crippen molar-refractivity contribution in [2.45, 2.75) is 11.8 Å². The molecule has 9 heteroatoms. The van der Waals surface area contributed by atoms with Crippen molar-refractivity contribution in [2.75, 3.05) is 13.6 Å². The van der Waals surface area contributed by atoms with Crippen LogP contribution >= 0.6 is 22.9 Å². The molecule has 0 spiro atoms. The lowest BCUT2D eigenvalue weighted by atomic mass is 10.3. The number of sulfonamides is 1. The molecule has 1 N–H and O–H groups in total. The highest BCUT2D eigenvalue weighted by atomic mass is 35.5. The van der Waals surface area contributed by atoms with Crippen molar-refractivity contribution in [3.63, 3.8) is 0 Å². The van der Waals surface area contributed by atoms with Crippen molar-refractivity contribution >= 4 is 45.1 Å². The van der Waals surface area contributed by atoms with Gasteiger partial charge in [-0.15, -0.1) is 11.3 Å². The molecule has 0 unspecified atom stereocenters. The van der Waals surface area contributed by atoms with Crippen molar-refractivity contribution in [3.8, 4) is 0 Å². The Balaban J connectivity index is 1.96. The number of hydrogen-bond acceptors (Lipinski definition) is 5. The van der Waals surface area contributed by atoms with E-state index in [9.17, 15) is 13.2 Å². The van der Waals surface area contributed by atoms with E-state index in [4.69, 9.17) is 11.6 Å². The number of nitrogens with zero attached hydrogens (tertiary/aromatic N) is 2. The zero-order chi connectivity index (χ0) is 17.7. The van der Waals surface area contributed by atoms with Gasteiger partial charge in [0.2, 0.25) is 10.0 Å². The third-order valence-corrected chi connectivity index (χ3v) is 6.18. The van der Waals surface area contributed by atoms with Crippen LogP contribution in [0.25, 0.3) is 0 Å². The second-order valence-electron chi connectivity index (χ2n) is 4.98. The summed E-state index contributed by atoms with van der Waals surface area (Å²) in [6.07, 6.45) is 1.53. The van der Waals surface area contributed by atoms with Gasteiger partial charge in [0.25, 0.3) is 5.91 Å². The number of aryl methyl sites for hydroxylation is 1. The minimum Gasteiger partial charge on any atom is -0.272 e. The zero-order valence-electron chi connectivity index (χ0n) is 13.1. The predicted octanol–water partition coefficient (Wildman–Crippen LogP) is 2.48. The molecule has 128 valence electrons. The van der Waals surface area contributed by atoms with Crippen LogP contribution in [0.15, 0.2) is 45.7 Å². The predicted molar refractivity (Wildman–Crippen MR) is 96.1 cm³/mol. The first-order valence-corrected chi connectivity index (χ1v) is 9.58. The molecule has 0 fully saturated rings. The van der Waals surface area contributed by atoms with E-state index >= 15 is 0 Å². The van der Waals surface area contributed by atoms with Gasteiger partial charge in [-0.2, -0.15) is 9.41 Å². The first-order valence-electron chi connectivity index (χ1n) is 6.88. The van der Waals surface area contributed by atoms with Crippen LogP contribution in [0.5, 0.6) is 0 Å². The number of thiophene rings is 1. The van der Waals surface area contributed by atoms with Crippen molar-refractivity contribution in [1.29, 1.82) is 0 Å². The standard InChI is InChI=1S/C15H16ClN3O3S2/c1-11-7-8-23-14(11)9-17-18-15(20)10-19(2)24(21,22)13-5-3-12(16)4-6-13/h3-9H,10H2,1-2H3,(H,18,20)/b17-9-. The average Bonchev–Trinajstić information content (AvgIpc) is 2.93. The van der Waals surface area contributed by atoms with E-state index in [0.717, 1.165) is 14.7 Å². The summed E-state index contributed by atoms with van der Waals surface area (Å²) in [4.78, 5) is 12.8. The maximum absolute atomic E-state index is 12.4. The van der Waals surface area contributed by atoms with E-state index in [2.05, 4.69) is 10.5 Å². The number of hydrogen-bond donors (Lipinski definition) is 1. The molecular weight excluding hydrogens is 370 g/mol. The van der Waals surface area contributed by atoms with Crippen LogP contribution in [0.1, 0.15) is 10.4 Å². The molecule has 1 heterocycles. The molecule has 1 amide bonds. The second kappa shape index (κ2) is 7.89. The number of rotatable bonds is 6. The summed E-state index contributed by atoms with van der Waals surface area (Å²) in [5.74, 6) is -0.527. The Morgan fingerprint density at radius 1 is 1.33 bits per heavy atom. The van der Waals surface area contributed by atoms with Crippen molar-refractivity contribution < 1.29 is 13.2 Å². The maximum atomic E-state index is 12.4. The van der Waals surface area contributed by atoms with E-state index in [0.29, 0.717) is 5.02 Å². The number of amides is 1. The summed E-state index contributed by atoms with van der Waals surface area (Å²) in [6, 6.07) is 7.69. The Hall–Kier alpha value is -1.74. The molecule has 1 aromatic heterocycles. The smallest absolute Gasteiger partial charge is 0.255 e. The van der Waals surface area contributed by atoms with Crippen LogP contribution in [0.2, 0.25) is 5.02 Å². The molecule has 0 aliphatic carbocycles. The van der Waals surface area contributed by atoms with Gasteiger partial charge in [-0.05, 0) is 48.2 Å². The zero-order valence-corrected chi connectivity index (χ0v) is 15.5. The van der Waals surface area contributed by atoms with Gasteiger partial charge in [0, 0.05) is 16.9 Å². The van der Waals surface area contributed by atoms with Gasteiger partial charge in [-0.3, -0.25) is 4.79 Å². The maximum Gasteiger partial charge on any atom is 0.255 e. The van der Waals surface area contributed by atoms with Crippen molar-refractivity contribution in [3.05, 3.63) is 51.2 Å². The van der Waals surface area contributed by atoms with Gasteiger partial charge in [0.05, 0.1) is 17.7 Å². The third kappa shape index (κ3) is 4.64. The Morgan fingerprint density at radius 2 is 2.00 bits per heavy atom. The normalized spacial score (nSPS) is 12.0. The third-order valence-electron chi connectivity index (χ3n) is 3.16. The first kappa shape index (κ1) is 18.6. The van der Waals surface area contributed by atoms with E-state index in [1.165, 1.54) is 48.9 Å². The van der Waals surface area contributed by atoms with E-state index < -0.39 is 15.9 Å². The van der Waals surface area contributed by atoms with Gasteiger partial charge < -0.3 is 0 Å². The first-order chi connectivity index (χ1) is 11.3. The molecule has 0 saturated carbocycles. The minimum atomic E-state index is -3.76. The van der Waals surface area contributed by atoms with Crippen LogP contribution in [-0.4, -0.2) is 38.4 Å². The molecular formula is C15H16ClN3O3S2. The summed E-state index contributed by atoms with van der Waals surface area (Å²) >= 11 is 7.25. The molecule has 1 aromatic carbocycles. The number of carbonyl (C=O) groups excluding carboxylic acids is 1. The van der Waals surface area contributed by atoms with Gasteiger partial charge in [0.1, 0.15) is 0 Å². The number of nitrogens with one attached hydrogen (secondary N) is 1. The van der Waals surface area contributed by atoms with Crippen LogP contribution in [-0.2, 0) is 14.8 Å². The second-order valence-corrected chi connectivity index (χ2v) is 8.41. The van der Waals surface area contributed by atoms with Crippen LogP contribution in [0.3, 0.4) is 0 Å². The van der Waals surface area contributed by atoms with Crippen LogP contribution in [0.4, 0.5) is 0 Å². The Morgan fingerprint density at radius 3 is 2.58 bits per heavy atom. The summed E-state index contributed by atoms with van der Waals surface area (Å²) in [5.41, 5.74) is 3.38. The lowest BCUT2D eigenvalue weighted by Gasteiger charge is -2.16. The lowest BCUT2D eigenvalue weighted by molar-refractivity contribution is -0.121. The highest BCUT2D eigenvalue weighted by molar-refractivity contribution is 7.89. The Labute approximate surface area is 149 Å². The SMILES string of the molecule is Cc1ccsc1/C=N\NC(=O)CN(C)S(=O)(=O)c1ccc(Cl)cc1. The molecule has 2 aromatic rings. The van der Waals surface area contributed by atoms with Crippen molar-refractivity contribution in [2.24, 2.45) is 5.10 Å². The molecule has 0 aliphatic rings. The summed E-state index contributed by atoms with van der Waals surface area (Å²) < 4.78 is 25.7. The summed E-state index contributed by atoms with van der Waals surface area (Å²) in [6.45, 7) is 1.60. The molecule has 0 atom stereocenters. The number of benzene rings is 1. The van der Waals surface area contributed by atoms with Gasteiger partial charge in [0.15, 0.2) is 0 Å². The highest BCUT2D eigenvalue weighted by Gasteiger charge is 2.22. The van der Waals surface area contributed by atoms with Gasteiger partial charge in [-0.25, -0.2) is 13.8 Å². The van der Waals surface area contributed by atoms with E-state index in [-0.39, 0.29) is 11.4 Å². The molecule has 0 aliphatic heterocycles. The molecule has 0 radical (unpaired) electrons. The largest absolute Gasteiger partial charge is 0.272 e. The fraction of sp³-hybridized carbons (Fsp3) is 0.200. The summed E-state index contributed by atoms with van der Waals surface area (Å²) in [5, 5.41) is 6.20. The number of hydrazone groups is 1. The Bertz CT molecular complexity index is 845. The monoisotopic (exact) mass is 385 g/mol. The summed E-state index contributed by atoms with van der Waals surface area (Å²) in [7, 11) is -2.43. The van der Waals surface area contributed by atoms with Crippen LogP contribution in [0, 0.1) is 6.92 Å². The van der Waals surface area contributed by atoms with Gasteiger partial charge >= 0.3 is 0 Å². The number of likely N-dealkylation sites (N-methyl/N-ethyl adjacent to an activating group) is 1. The van der Waals surface area contributed by atoms with Gasteiger partial charge in [-0.1, -0.05) is 11.6 Å². The minimum absolute atomic E-state index is 0.0694. The topological polar surface area (TPSA) is 78.8 Å². The average molecular weight is 386 g/mol. The number of halogens is 1. The molecule has 0 bridgehead atoms. The highest BCUT2D eigenvalue weighted by Crippen LogP contribution is 2.17. The molecule has 0 saturated heterocycles. The Kier molecular flexibility index (Phi) is 6.11. The lowest BCUT2D eigenvalue weighted by Crippen LogP contribution is -2.36. The quantitative estimate of drug-likeness (QED) is 0.612. The molecule has 24 heavy (non-hydrogen) atoms. The van der Waals surface area contributed by atoms with E-state index in [1.807, 2.05) is 18.4 Å². The van der Waals surface area contributed by atoms with Crippen LogP contribution < -0.4 is 5.43 Å². The molecule has 2 rings (SSSR count).